The average Bonchev–Trinajstić information content (AvgIpc) is 2.35. The Kier molecular flexibility index (Phi) is 5.97. The zero-order valence-corrected chi connectivity index (χ0v) is 13.6. The number of carboxylic acid groups (broad SMARTS) is 1. The van der Waals surface area contributed by atoms with E-state index in [0.29, 0.717) is 25.9 Å². The summed E-state index contributed by atoms with van der Waals surface area (Å²) in [4.78, 5) is 11.1. The van der Waals surface area contributed by atoms with Gasteiger partial charge in [0.2, 0.25) is 0 Å². The maximum atomic E-state index is 12.7. The number of hydrogen-bond donors (Lipinski definition) is 1. The fourth-order valence-corrected chi connectivity index (χ4v) is 4.48. The Morgan fingerprint density at radius 3 is 2.40 bits per heavy atom. The van der Waals surface area contributed by atoms with Gasteiger partial charge in [-0.15, -0.1) is 0 Å². The fraction of sp³-hybridized carbons (Fsp3) is 0.923. The first-order valence-electron chi connectivity index (χ1n) is 7.16. The van der Waals surface area contributed by atoms with E-state index in [4.69, 9.17) is 5.11 Å². The highest BCUT2D eigenvalue weighted by Crippen LogP contribution is 2.23. The molecule has 1 rings (SSSR count). The molecule has 0 spiro atoms. The first kappa shape index (κ1) is 17.4. The zero-order valence-electron chi connectivity index (χ0n) is 12.7. The minimum atomic E-state index is -3.58. The fourth-order valence-electron chi connectivity index (χ4n) is 2.43. The molecule has 118 valence electrons. The standard InChI is InChI=1S/C13H26N2O4S/c1-10(2)8-15(11(3)4)20(18,19)14-7-5-6-12(9-14)13(16)17/h10-12H,5-9H2,1-4H3,(H,16,17). The Balaban J connectivity index is 2.92. The van der Waals surface area contributed by atoms with Crippen LogP contribution < -0.4 is 0 Å². The summed E-state index contributed by atoms with van der Waals surface area (Å²) < 4.78 is 28.2. The van der Waals surface area contributed by atoms with E-state index in [1.165, 1.54) is 8.61 Å². The van der Waals surface area contributed by atoms with Crippen molar-refractivity contribution in [2.45, 2.75) is 46.6 Å². The molecule has 6 nitrogen and oxygen atoms in total. The van der Waals surface area contributed by atoms with Crippen LogP contribution in [0.3, 0.4) is 0 Å². The van der Waals surface area contributed by atoms with E-state index in [1.54, 1.807) is 0 Å². The quantitative estimate of drug-likeness (QED) is 0.804. The number of carboxylic acids is 1. The monoisotopic (exact) mass is 306 g/mol. The normalized spacial score (nSPS) is 21.9. The summed E-state index contributed by atoms with van der Waals surface area (Å²) in [5.74, 6) is -1.27. The van der Waals surface area contributed by atoms with Crippen LogP contribution in [0.2, 0.25) is 0 Å². The van der Waals surface area contributed by atoms with Crippen molar-refractivity contribution in [2.75, 3.05) is 19.6 Å². The highest BCUT2D eigenvalue weighted by atomic mass is 32.2. The molecule has 1 N–H and O–H groups in total. The van der Waals surface area contributed by atoms with Crippen molar-refractivity contribution in [3.8, 4) is 0 Å². The average molecular weight is 306 g/mol. The van der Waals surface area contributed by atoms with Crippen molar-refractivity contribution in [1.82, 2.24) is 8.61 Å². The highest BCUT2D eigenvalue weighted by molar-refractivity contribution is 7.86. The van der Waals surface area contributed by atoms with Gasteiger partial charge >= 0.3 is 5.97 Å². The minimum absolute atomic E-state index is 0.0823. The summed E-state index contributed by atoms with van der Waals surface area (Å²) in [6.45, 7) is 8.58. The molecule has 0 saturated carbocycles. The van der Waals surface area contributed by atoms with Crippen LogP contribution in [0.25, 0.3) is 0 Å². The van der Waals surface area contributed by atoms with E-state index in [9.17, 15) is 13.2 Å². The Morgan fingerprint density at radius 1 is 1.35 bits per heavy atom. The molecule has 0 amide bonds. The molecule has 1 heterocycles. The summed E-state index contributed by atoms with van der Waals surface area (Å²) in [5.41, 5.74) is 0. The second-order valence-corrected chi connectivity index (χ2v) is 7.98. The lowest BCUT2D eigenvalue weighted by molar-refractivity contribution is -0.142. The maximum Gasteiger partial charge on any atom is 0.307 e. The molecule has 1 aliphatic heterocycles. The first-order chi connectivity index (χ1) is 9.16. The SMILES string of the molecule is CC(C)CN(C(C)C)S(=O)(=O)N1CCCC(C(=O)O)C1. The third kappa shape index (κ3) is 4.17. The van der Waals surface area contributed by atoms with Gasteiger partial charge in [0.1, 0.15) is 0 Å². The second kappa shape index (κ2) is 6.87. The van der Waals surface area contributed by atoms with Gasteiger partial charge in [-0.2, -0.15) is 17.0 Å². The van der Waals surface area contributed by atoms with Crippen LogP contribution in [0.15, 0.2) is 0 Å². The molecule has 0 aromatic carbocycles. The molecule has 0 radical (unpaired) electrons. The molecule has 0 aromatic heterocycles. The van der Waals surface area contributed by atoms with E-state index in [1.807, 2.05) is 27.7 Å². The van der Waals surface area contributed by atoms with Gasteiger partial charge in [0, 0.05) is 25.7 Å². The number of aliphatic carboxylic acids is 1. The van der Waals surface area contributed by atoms with Crippen LogP contribution in [-0.4, -0.2) is 53.8 Å². The number of piperidine rings is 1. The van der Waals surface area contributed by atoms with Gasteiger partial charge in [0.25, 0.3) is 10.2 Å². The van der Waals surface area contributed by atoms with Crippen LogP contribution in [0.1, 0.15) is 40.5 Å². The van der Waals surface area contributed by atoms with E-state index in [-0.39, 0.29) is 18.5 Å². The molecule has 1 unspecified atom stereocenters. The molecule has 7 heteroatoms. The summed E-state index contributed by atoms with van der Waals surface area (Å²) in [6.07, 6.45) is 1.15. The Hall–Kier alpha value is -0.660. The van der Waals surface area contributed by atoms with E-state index < -0.39 is 22.1 Å². The molecule has 1 saturated heterocycles. The molecule has 1 fully saturated rings. The van der Waals surface area contributed by atoms with Crippen molar-refractivity contribution < 1.29 is 18.3 Å². The summed E-state index contributed by atoms with van der Waals surface area (Å²) in [7, 11) is -3.58. The largest absolute Gasteiger partial charge is 0.481 e. The lowest BCUT2D eigenvalue weighted by Crippen LogP contribution is -2.52. The van der Waals surface area contributed by atoms with Crippen LogP contribution in [0.5, 0.6) is 0 Å². The van der Waals surface area contributed by atoms with Crippen molar-refractivity contribution in [1.29, 1.82) is 0 Å². The third-order valence-electron chi connectivity index (χ3n) is 3.48. The van der Waals surface area contributed by atoms with Crippen molar-refractivity contribution in [3.63, 3.8) is 0 Å². The van der Waals surface area contributed by atoms with Crippen molar-refractivity contribution in [3.05, 3.63) is 0 Å². The van der Waals surface area contributed by atoms with Crippen molar-refractivity contribution >= 4 is 16.2 Å². The van der Waals surface area contributed by atoms with Crippen LogP contribution in [0.4, 0.5) is 0 Å². The predicted octanol–water partition coefficient (Wildman–Crippen LogP) is 1.39. The second-order valence-electron chi connectivity index (χ2n) is 6.10. The molecule has 0 bridgehead atoms. The number of nitrogens with zero attached hydrogens (tertiary/aromatic N) is 2. The molecule has 0 aromatic rings. The van der Waals surface area contributed by atoms with E-state index in [2.05, 4.69) is 0 Å². The molecular formula is C13H26N2O4S. The lowest BCUT2D eigenvalue weighted by atomic mass is 10.0. The molecular weight excluding hydrogens is 280 g/mol. The van der Waals surface area contributed by atoms with E-state index >= 15 is 0 Å². The minimum Gasteiger partial charge on any atom is -0.481 e. The maximum absolute atomic E-state index is 12.7. The molecule has 20 heavy (non-hydrogen) atoms. The van der Waals surface area contributed by atoms with Crippen molar-refractivity contribution in [2.24, 2.45) is 11.8 Å². The zero-order chi connectivity index (χ0) is 15.5. The van der Waals surface area contributed by atoms with Gasteiger partial charge in [0.05, 0.1) is 5.92 Å². The Bertz CT molecular complexity index is 434. The number of rotatable bonds is 6. The summed E-state index contributed by atoms with van der Waals surface area (Å²) in [6, 6.07) is -0.132. The van der Waals surface area contributed by atoms with Gasteiger partial charge in [-0.3, -0.25) is 4.79 Å². The molecule has 0 aliphatic carbocycles. The predicted molar refractivity (Wildman–Crippen MR) is 77.5 cm³/mol. The Labute approximate surface area is 121 Å². The van der Waals surface area contributed by atoms with Crippen LogP contribution in [-0.2, 0) is 15.0 Å². The third-order valence-corrected chi connectivity index (χ3v) is 5.62. The smallest absolute Gasteiger partial charge is 0.307 e. The van der Waals surface area contributed by atoms with Gasteiger partial charge in [-0.25, -0.2) is 0 Å². The first-order valence-corrected chi connectivity index (χ1v) is 8.55. The van der Waals surface area contributed by atoms with Gasteiger partial charge in [-0.05, 0) is 32.6 Å². The number of hydrogen-bond acceptors (Lipinski definition) is 3. The van der Waals surface area contributed by atoms with Crippen LogP contribution in [0, 0.1) is 11.8 Å². The molecule has 1 aliphatic rings. The van der Waals surface area contributed by atoms with Gasteiger partial charge in [-0.1, -0.05) is 13.8 Å². The summed E-state index contributed by atoms with van der Waals surface area (Å²) >= 11 is 0. The van der Waals surface area contributed by atoms with Crippen LogP contribution >= 0.6 is 0 Å². The van der Waals surface area contributed by atoms with Gasteiger partial charge in [0.15, 0.2) is 0 Å². The summed E-state index contributed by atoms with van der Waals surface area (Å²) in [5, 5.41) is 9.08. The molecule has 1 atom stereocenters. The lowest BCUT2D eigenvalue weighted by Gasteiger charge is -2.36. The van der Waals surface area contributed by atoms with Gasteiger partial charge < -0.3 is 5.11 Å². The highest BCUT2D eigenvalue weighted by Gasteiger charge is 2.37. The topological polar surface area (TPSA) is 77.9 Å². The Morgan fingerprint density at radius 2 is 1.95 bits per heavy atom. The number of carbonyl (C=O) groups is 1. The van der Waals surface area contributed by atoms with E-state index in [0.717, 1.165) is 0 Å².